The highest BCUT2D eigenvalue weighted by Crippen LogP contribution is 2.23. The molecule has 0 atom stereocenters. The molecule has 0 aliphatic carbocycles. The van der Waals surface area contributed by atoms with E-state index in [1.54, 1.807) is 19.1 Å². The number of unbranched alkanes of at least 4 members (excludes halogenated alkanes) is 1. The van der Waals surface area contributed by atoms with Crippen LogP contribution in [0.3, 0.4) is 0 Å². The van der Waals surface area contributed by atoms with Crippen LogP contribution in [-0.2, 0) is 9.59 Å². The third-order valence-corrected chi connectivity index (χ3v) is 2.03. The van der Waals surface area contributed by atoms with Crippen molar-refractivity contribution in [3.8, 4) is 0 Å². The van der Waals surface area contributed by atoms with Crippen molar-refractivity contribution in [3.05, 3.63) is 23.8 Å². The summed E-state index contributed by atoms with van der Waals surface area (Å²) in [7, 11) is 0. The van der Waals surface area contributed by atoms with Crippen LogP contribution in [0.1, 0.15) is 32.3 Å². The van der Waals surface area contributed by atoms with Crippen LogP contribution in [0.15, 0.2) is 28.2 Å². The first-order chi connectivity index (χ1) is 8.19. The van der Waals surface area contributed by atoms with E-state index in [4.69, 9.17) is 0 Å². The summed E-state index contributed by atoms with van der Waals surface area (Å²) in [6.45, 7) is 6.16. The average Bonchev–Trinajstić information content (AvgIpc) is 2.34. The summed E-state index contributed by atoms with van der Waals surface area (Å²) in [5.41, 5.74) is 1.72. The van der Waals surface area contributed by atoms with Gasteiger partial charge in [-0.2, -0.15) is 9.98 Å². The standard InChI is InChI=1S/C9H6N2O2.C4H10/c1-7-2-3-8(10-5-12)4-9(7)11-6-13;1-3-4-2/h2-4H,1H3;3-4H2,1-2H3. The van der Waals surface area contributed by atoms with Crippen LogP contribution in [0.25, 0.3) is 0 Å². The van der Waals surface area contributed by atoms with Gasteiger partial charge in [0.15, 0.2) is 0 Å². The Kier molecular flexibility index (Phi) is 8.13. The molecule has 0 aliphatic heterocycles. The molecule has 4 heteroatoms. The summed E-state index contributed by atoms with van der Waals surface area (Å²) in [5.74, 6) is 0. The van der Waals surface area contributed by atoms with Crippen molar-refractivity contribution in [3.63, 3.8) is 0 Å². The molecule has 1 aromatic carbocycles. The number of aliphatic imine (C=N–C) groups is 2. The zero-order valence-corrected chi connectivity index (χ0v) is 10.4. The minimum absolute atomic E-state index is 0.426. The zero-order chi connectivity index (χ0) is 13.1. The van der Waals surface area contributed by atoms with Crippen LogP contribution in [0.4, 0.5) is 11.4 Å². The first-order valence-electron chi connectivity index (χ1n) is 5.45. The fourth-order valence-electron chi connectivity index (χ4n) is 0.890. The Labute approximate surface area is 101 Å². The fraction of sp³-hybridized carbons (Fsp3) is 0.385. The van der Waals surface area contributed by atoms with E-state index in [0.29, 0.717) is 11.4 Å². The smallest absolute Gasteiger partial charge is 0.211 e. The van der Waals surface area contributed by atoms with Gasteiger partial charge in [-0.3, -0.25) is 0 Å². The molecule has 0 fully saturated rings. The number of nitrogens with zero attached hydrogens (tertiary/aromatic N) is 2. The maximum absolute atomic E-state index is 10.00. The molecule has 0 bridgehead atoms. The molecule has 0 aromatic heterocycles. The molecule has 17 heavy (non-hydrogen) atoms. The molecule has 0 saturated carbocycles. The number of benzene rings is 1. The van der Waals surface area contributed by atoms with E-state index in [-0.39, 0.29) is 0 Å². The van der Waals surface area contributed by atoms with E-state index in [2.05, 4.69) is 23.8 Å². The van der Waals surface area contributed by atoms with Gasteiger partial charge in [-0.1, -0.05) is 32.8 Å². The summed E-state index contributed by atoms with van der Waals surface area (Å²) in [4.78, 5) is 26.8. The monoisotopic (exact) mass is 232 g/mol. The Morgan fingerprint density at radius 2 is 1.65 bits per heavy atom. The molecule has 1 rings (SSSR count). The van der Waals surface area contributed by atoms with Crippen molar-refractivity contribution in [2.24, 2.45) is 9.98 Å². The topological polar surface area (TPSA) is 58.9 Å². The molecule has 0 aliphatic rings. The number of hydrogen-bond acceptors (Lipinski definition) is 4. The van der Waals surface area contributed by atoms with E-state index < -0.39 is 0 Å². The molecule has 0 spiro atoms. The van der Waals surface area contributed by atoms with Gasteiger partial charge in [-0.25, -0.2) is 9.59 Å². The van der Waals surface area contributed by atoms with Gasteiger partial charge in [0.05, 0.1) is 11.4 Å². The van der Waals surface area contributed by atoms with Gasteiger partial charge >= 0.3 is 0 Å². The maximum atomic E-state index is 10.00. The maximum Gasteiger partial charge on any atom is 0.240 e. The van der Waals surface area contributed by atoms with E-state index in [1.165, 1.54) is 31.1 Å². The van der Waals surface area contributed by atoms with Gasteiger partial charge < -0.3 is 0 Å². The van der Waals surface area contributed by atoms with E-state index in [9.17, 15) is 9.59 Å². The summed E-state index contributed by atoms with van der Waals surface area (Å²) in [5, 5.41) is 0. The van der Waals surface area contributed by atoms with Gasteiger partial charge in [-0.15, -0.1) is 0 Å². The molecule has 4 nitrogen and oxygen atoms in total. The predicted octanol–water partition coefficient (Wildman–Crippen LogP) is 3.74. The van der Waals surface area contributed by atoms with Crippen LogP contribution in [-0.4, -0.2) is 12.2 Å². The number of hydrogen-bond donors (Lipinski definition) is 0. The summed E-state index contributed by atoms with van der Waals surface area (Å²) in [6.07, 6.45) is 5.48. The predicted molar refractivity (Wildman–Crippen MR) is 67.3 cm³/mol. The molecular weight excluding hydrogens is 216 g/mol. The molecule has 0 radical (unpaired) electrons. The molecule has 0 N–H and O–H groups in total. The summed E-state index contributed by atoms with van der Waals surface area (Å²) < 4.78 is 0. The normalized spacial score (nSPS) is 8.18. The Morgan fingerprint density at radius 1 is 1.06 bits per heavy atom. The van der Waals surface area contributed by atoms with Gasteiger partial charge in [0.2, 0.25) is 12.2 Å². The number of aryl methyl sites for hydroxylation is 1. The Morgan fingerprint density at radius 3 is 2.12 bits per heavy atom. The highest BCUT2D eigenvalue weighted by molar-refractivity contribution is 5.61. The largest absolute Gasteiger partial charge is 0.240 e. The van der Waals surface area contributed by atoms with E-state index in [0.717, 1.165) is 5.56 Å². The SMILES string of the molecule is CCCC.Cc1ccc(N=C=O)cc1N=C=O. The van der Waals surface area contributed by atoms with Crippen LogP contribution in [0.5, 0.6) is 0 Å². The van der Waals surface area contributed by atoms with Crippen molar-refractivity contribution >= 4 is 23.5 Å². The first kappa shape index (κ1) is 15.0. The minimum atomic E-state index is 0.426. The van der Waals surface area contributed by atoms with Crippen LogP contribution in [0, 0.1) is 6.92 Å². The first-order valence-corrected chi connectivity index (χ1v) is 5.45. The minimum Gasteiger partial charge on any atom is -0.211 e. The third-order valence-electron chi connectivity index (χ3n) is 2.03. The Balaban J connectivity index is 0.000000557. The summed E-state index contributed by atoms with van der Waals surface area (Å²) in [6, 6.07) is 4.88. The number of rotatable bonds is 3. The number of isocyanates is 2. The van der Waals surface area contributed by atoms with Crippen LogP contribution >= 0.6 is 0 Å². The van der Waals surface area contributed by atoms with Gasteiger partial charge in [0.1, 0.15) is 0 Å². The highest BCUT2D eigenvalue weighted by Gasteiger charge is 1.97. The lowest BCUT2D eigenvalue weighted by Crippen LogP contribution is -1.73. The fourth-order valence-corrected chi connectivity index (χ4v) is 0.890. The highest BCUT2D eigenvalue weighted by atomic mass is 16.1. The van der Waals surface area contributed by atoms with E-state index >= 15 is 0 Å². The van der Waals surface area contributed by atoms with Crippen molar-refractivity contribution in [1.82, 2.24) is 0 Å². The van der Waals surface area contributed by atoms with E-state index in [1.807, 2.05) is 0 Å². The lowest BCUT2D eigenvalue weighted by molar-refractivity contribution is 0.565. The Bertz CT molecular complexity index is 441. The van der Waals surface area contributed by atoms with Gasteiger partial charge in [-0.05, 0) is 24.6 Å². The van der Waals surface area contributed by atoms with Gasteiger partial charge in [0, 0.05) is 0 Å². The molecule has 0 saturated heterocycles. The zero-order valence-electron chi connectivity index (χ0n) is 10.4. The molecule has 0 heterocycles. The molecular formula is C13H16N2O2. The van der Waals surface area contributed by atoms with Crippen molar-refractivity contribution in [1.29, 1.82) is 0 Å². The molecule has 0 unspecified atom stereocenters. The lowest BCUT2D eigenvalue weighted by Gasteiger charge is -1.97. The second-order valence-electron chi connectivity index (χ2n) is 3.38. The number of carbonyl (C=O) groups excluding carboxylic acids is 2. The summed E-state index contributed by atoms with van der Waals surface area (Å²) >= 11 is 0. The Hall–Kier alpha value is -2.02. The van der Waals surface area contributed by atoms with Gasteiger partial charge in [0.25, 0.3) is 0 Å². The quantitative estimate of drug-likeness (QED) is 0.588. The molecule has 0 amide bonds. The molecule has 1 aromatic rings. The van der Waals surface area contributed by atoms with Crippen LogP contribution in [0.2, 0.25) is 0 Å². The van der Waals surface area contributed by atoms with Crippen molar-refractivity contribution < 1.29 is 9.59 Å². The lowest BCUT2D eigenvalue weighted by atomic mass is 10.2. The van der Waals surface area contributed by atoms with Crippen molar-refractivity contribution in [2.45, 2.75) is 33.6 Å². The second kappa shape index (κ2) is 9.22. The van der Waals surface area contributed by atoms with Crippen LogP contribution < -0.4 is 0 Å². The van der Waals surface area contributed by atoms with Crippen molar-refractivity contribution in [2.75, 3.05) is 0 Å². The third kappa shape index (κ3) is 6.21. The average molecular weight is 232 g/mol. The molecule has 90 valence electrons. The second-order valence-corrected chi connectivity index (χ2v) is 3.38.